The van der Waals surface area contributed by atoms with Gasteiger partial charge in [0.2, 0.25) is 10.0 Å². The van der Waals surface area contributed by atoms with Gasteiger partial charge in [0.15, 0.2) is 0 Å². The van der Waals surface area contributed by atoms with Gasteiger partial charge in [-0.2, -0.15) is 0 Å². The predicted octanol–water partition coefficient (Wildman–Crippen LogP) is 0.313. The summed E-state index contributed by atoms with van der Waals surface area (Å²) in [5, 5.41) is -0.411. The molecule has 0 bridgehead atoms. The van der Waals surface area contributed by atoms with Crippen molar-refractivity contribution in [3.05, 3.63) is 35.9 Å². The van der Waals surface area contributed by atoms with Crippen molar-refractivity contribution in [1.82, 2.24) is 15.2 Å². The summed E-state index contributed by atoms with van der Waals surface area (Å²) in [4.78, 5) is 0. The maximum atomic E-state index is 12.4. The smallest absolute Gasteiger partial charge is 0.219 e. The number of rotatable bonds is 4. The van der Waals surface area contributed by atoms with Crippen LogP contribution < -0.4 is 10.9 Å². The minimum atomic E-state index is -3.28. The van der Waals surface area contributed by atoms with Crippen molar-refractivity contribution >= 4 is 10.0 Å². The van der Waals surface area contributed by atoms with E-state index in [0.29, 0.717) is 13.1 Å². The van der Waals surface area contributed by atoms with Crippen LogP contribution in [0.2, 0.25) is 0 Å². The number of nitrogens with one attached hydrogen (secondary N) is 2. The Hall–Kier alpha value is -0.950. The van der Waals surface area contributed by atoms with Crippen LogP contribution >= 0.6 is 0 Å². The zero-order valence-corrected chi connectivity index (χ0v) is 11.4. The molecule has 5 nitrogen and oxygen atoms in total. The molecule has 1 heterocycles. The van der Waals surface area contributed by atoms with Gasteiger partial charge in [-0.05, 0) is 12.5 Å². The molecule has 1 aromatic rings. The summed E-state index contributed by atoms with van der Waals surface area (Å²) in [7, 11) is -1.65. The van der Waals surface area contributed by atoms with Crippen molar-refractivity contribution in [2.75, 3.05) is 13.6 Å². The van der Waals surface area contributed by atoms with Crippen LogP contribution in [0, 0.1) is 0 Å². The number of nitrogens with zero attached hydrogens (tertiary/aromatic N) is 1. The summed E-state index contributed by atoms with van der Waals surface area (Å²) in [5.74, 6) is 0. The largest absolute Gasteiger partial charge is 0.256 e. The van der Waals surface area contributed by atoms with Gasteiger partial charge in [0.25, 0.3) is 0 Å². The molecule has 0 aliphatic carbocycles. The summed E-state index contributed by atoms with van der Waals surface area (Å²) in [6.07, 6.45) is 0. The first-order valence-corrected chi connectivity index (χ1v) is 7.49. The summed E-state index contributed by atoms with van der Waals surface area (Å²) >= 11 is 0. The summed E-state index contributed by atoms with van der Waals surface area (Å²) in [6.45, 7) is 2.73. The molecule has 1 aromatic carbocycles. The Bertz CT molecular complexity index is 489. The van der Waals surface area contributed by atoms with Gasteiger partial charge >= 0.3 is 0 Å². The van der Waals surface area contributed by atoms with Crippen LogP contribution in [0.3, 0.4) is 0 Å². The summed E-state index contributed by atoms with van der Waals surface area (Å²) in [5.41, 5.74) is 6.83. The van der Waals surface area contributed by atoms with Crippen LogP contribution in [0.25, 0.3) is 0 Å². The SMILES string of the molecule is CC1NNCC1S(=O)(=O)N(C)Cc1ccccc1. The van der Waals surface area contributed by atoms with Crippen LogP contribution in [-0.2, 0) is 16.6 Å². The molecule has 18 heavy (non-hydrogen) atoms. The number of hydrazine groups is 1. The second-order valence-electron chi connectivity index (χ2n) is 4.64. The lowest BCUT2D eigenvalue weighted by Crippen LogP contribution is -2.42. The van der Waals surface area contributed by atoms with Crippen LogP contribution in [0.15, 0.2) is 30.3 Å². The maximum Gasteiger partial charge on any atom is 0.219 e. The monoisotopic (exact) mass is 269 g/mol. The van der Waals surface area contributed by atoms with Crippen LogP contribution in [-0.4, -0.2) is 37.6 Å². The molecule has 2 atom stereocenters. The zero-order chi connectivity index (χ0) is 13.2. The van der Waals surface area contributed by atoms with E-state index in [4.69, 9.17) is 0 Å². The van der Waals surface area contributed by atoms with E-state index < -0.39 is 15.3 Å². The Balaban J connectivity index is 2.10. The minimum Gasteiger partial charge on any atom is -0.256 e. The third kappa shape index (κ3) is 2.72. The lowest BCUT2D eigenvalue weighted by molar-refractivity contribution is 0.451. The normalized spacial score (nSPS) is 24.6. The summed E-state index contributed by atoms with van der Waals surface area (Å²) in [6, 6.07) is 9.54. The van der Waals surface area contributed by atoms with Gasteiger partial charge in [-0.1, -0.05) is 30.3 Å². The van der Waals surface area contributed by atoms with E-state index >= 15 is 0 Å². The van der Waals surface area contributed by atoms with Gasteiger partial charge in [0, 0.05) is 26.2 Å². The minimum absolute atomic E-state index is 0.0757. The van der Waals surface area contributed by atoms with E-state index in [2.05, 4.69) is 10.9 Å². The Kier molecular flexibility index (Phi) is 4.01. The second-order valence-corrected chi connectivity index (χ2v) is 6.90. The molecule has 2 N–H and O–H groups in total. The third-order valence-electron chi connectivity index (χ3n) is 3.26. The number of hydrogen-bond donors (Lipinski definition) is 2. The fourth-order valence-electron chi connectivity index (χ4n) is 2.12. The molecule has 0 saturated carbocycles. The number of benzene rings is 1. The van der Waals surface area contributed by atoms with E-state index in [1.807, 2.05) is 37.3 Å². The molecule has 1 aliphatic heterocycles. The lowest BCUT2D eigenvalue weighted by atomic mass is 10.2. The highest BCUT2D eigenvalue weighted by molar-refractivity contribution is 7.89. The number of sulfonamides is 1. The molecular weight excluding hydrogens is 250 g/mol. The van der Waals surface area contributed by atoms with Crippen LogP contribution in [0.1, 0.15) is 12.5 Å². The average Bonchev–Trinajstić information content (AvgIpc) is 2.77. The molecule has 1 fully saturated rings. The zero-order valence-electron chi connectivity index (χ0n) is 10.6. The van der Waals surface area contributed by atoms with E-state index in [0.717, 1.165) is 5.56 Å². The van der Waals surface area contributed by atoms with Gasteiger partial charge < -0.3 is 0 Å². The van der Waals surface area contributed by atoms with Crippen molar-refractivity contribution < 1.29 is 8.42 Å². The number of hydrogen-bond acceptors (Lipinski definition) is 4. The molecule has 0 aromatic heterocycles. The van der Waals surface area contributed by atoms with Crippen LogP contribution in [0.4, 0.5) is 0 Å². The second kappa shape index (κ2) is 5.36. The van der Waals surface area contributed by atoms with Gasteiger partial charge in [-0.15, -0.1) is 0 Å². The molecule has 2 rings (SSSR count). The highest BCUT2D eigenvalue weighted by Crippen LogP contribution is 2.16. The molecular formula is C12H19N3O2S. The van der Waals surface area contributed by atoms with Crippen molar-refractivity contribution in [1.29, 1.82) is 0 Å². The van der Waals surface area contributed by atoms with Crippen molar-refractivity contribution in [3.63, 3.8) is 0 Å². The molecule has 0 amide bonds. The third-order valence-corrected chi connectivity index (χ3v) is 5.59. The highest BCUT2D eigenvalue weighted by Gasteiger charge is 2.37. The fraction of sp³-hybridized carbons (Fsp3) is 0.500. The maximum absolute atomic E-state index is 12.4. The standard InChI is InChI=1S/C12H19N3O2S/c1-10-12(8-13-14-10)18(16,17)15(2)9-11-6-4-3-5-7-11/h3-7,10,12-14H,8-9H2,1-2H3. The van der Waals surface area contributed by atoms with Crippen molar-refractivity contribution in [2.45, 2.75) is 24.8 Å². The first kappa shape index (κ1) is 13.5. The fourth-order valence-corrected chi connectivity index (χ4v) is 3.78. The van der Waals surface area contributed by atoms with Crippen LogP contribution in [0.5, 0.6) is 0 Å². The molecule has 0 spiro atoms. The molecule has 100 valence electrons. The quantitative estimate of drug-likeness (QED) is 0.826. The van der Waals surface area contributed by atoms with E-state index in [1.165, 1.54) is 4.31 Å². The highest BCUT2D eigenvalue weighted by atomic mass is 32.2. The Morgan fingerprint density at radius 3 is 2.56 bits per heavy atom. The van der Waals surface area contributed by atoms with Gasteiger partial charge in [0.05, 0.1) is 0 Å². The average molecular weight is 269 g/mol. The molecule has 0 radical (unpaired) electrons. The van der Waals surface area contributed by atoms with Gasteiger partial charge in [0.1, 0.15) is 5.25 Å². The van der Waals surface area contributed by atoms with E-state index in [-0.39, 0.29) is 6.04 Å². The Labute approximate surface area is 108 Å². The van der Waals surface area contributed by atoms with Crippen molar-refractivity contribution in [3.8, 4) is 0 Å². The predicted molar refractivity (Wildman–Crippen MR) is 71.2 cm³/mol. The first-order chi connectivity index (χ1) is 8.51. The Morgan fingerprint density at radius 1 is 1.33 bits per heavy atom. The topological polar surface area (TPSA) is 61.4 Å². The summed E-state index contributed by atoms with van der Waals surface area (Å²) < 4.78 is 26.2. The van der Waals surface area contributed by atoms with Crippen molar-refractivity contribution in [2.24, 2.45) is 0 Å². The van der Waals surface area contributed by atoms with E-state index in [9.17, 15) is 8.42 Å². The molecule has 1 aliphatic rings. The lowest BCUT2D eigenvalue weighted by Gasteiger charge is -2.23. The van der Waals surface area contributed by atoms with E-state index in [1.54, 1.807) is 7.05 Å². The van der Waals surface area contributed by atoms with Gasteiger partial charge in [-0.25, -0.2) is 12.7 Å². The molecule has 6 heteroatoms. The first-order valence-electron chi connectivity index (χ1n) is 5.99. The van der Waals surface area contributed by atoms with Gasteiger partial charge in [-0.3, -0.25) is 10.9 Å². The molecule has 1 saturated heterocycles. The molecule has 2 unspecified atom stereocenters. The Morgan fingerprint density at radius 2 is 2.00 bits per heavy atom.